The Kier molecular flexibility index (Phi) is 8.97. The number of fused-ring (bicyclic) bond motifs is 2. The van der Waals surface area contributed by atoms with E-state index < -0.39 is 11.4 Å². The van der Waals surface area contributed by atoms with Gasteiger partial charge in [-0.05, 0) is 100 Å². The van der Waals surface area contributed by atoms with Crippen LogP contribution in [0, 0.1) is 45.8 Å². The van der Waals surface area contributed by atoms with Crippen molar-refractivity contribution < 1.29 is 29.0 Å². The van der Waals surface area contributed by atoms with Crippen LogP contribution in [0.4, 0.5) is 0 Å². The van der Waals surface area contributed by atoms with Crippen LogP contribution >= 0.6 is 0 Å². The number of amides is 2. The van der Waals surface area contributed by atoms with Crippen molar-refractivity contribution in [3.8, 4) is 17.6 Å². The number of carboxylic acid groups (broad SMARTS) is 1. The number of aliphatic carboxylic acids is 1. The molecule has 4 aliphatic carbocycles. The largest absolute Gasteiger partial charge is 0.496 e. The molecule has 0 spiro atoms. The fourth-order valence-electron chi connectivity index (χ4n) is 8.32. The van der Waals surface area contributed by atoms with E-state index in [1.807, 2.05) is 0 Å². The van der Waals surface area contributed by atoms with Crippen molar-refractivity contribution in [1.29, 1.82) is 5.26 Å². The molecule has 9 heteroatoms. The molecule has 4 saturated carbocycles. The van der Waals surface area contributed by atoms with Gasteiger partial charge in [-0.1, -0.05) is 20.3 Å². The predicted octanol–water partition coefficient (Wildman–Crippen LogP) is 5.46. The minimum absolute atomic E-state index is 0.0500. The Morgan fingerprint density at radius 2 is 1.77 bits per heavy atom. The molecule has 2 bridgehead atoms. The first-order valence-electron chi connectivity index (χ1n) is 16.1. The lowest BCUT2D eigenvalue weighted by Gasteiger charge is -2.44. The van der Waals surface area contributed by atoms with Crippen LogP contribution in [-0.2, 0) is 9.59 Å². The molecule has 4 unspecified atom stereocenters. The number of nitriles is 1. The Hall–Kier alpha value is -3.28. The first-order chi connectivity index (χ1) is 20.5. The number of methoxy groups -OCH3 is 1. The maximum Gasteiger partial charge on any atom is 0.309 e. The molecular formula is C34H47N3O6. The van der Waals surface area contributed by atoms with Crippen molar-refractivity contribution in [2.75, 3.05) is 13.7 Å². The normalized spacial score (nSPS) is 30.7. The summed E-state index contributed by atoms with van der Waals surface area (Å²) in [4.78, 5) is 39.1. The molecule has 4 fully saturated rings. The van der Waals surface area contributed by atoms with Crippen LogP contribution in [0.25, 0.3) is 0 Å². The molecule has 1 aromatic carbocycles. The highest BCUT2D eigenvalue weighted by molar-refractivity contribution is 5.98. The lowest BCUT2D eigenvalue weighted by Crippen LogP contribution is -2.52. The third kappa shape index (κ3) is 6.34. The highest BCUT2D eigenvalue weighted by Gasteiger charge is 2.52. The van der Waals surface area contributed by atoms with Crippen molar-refractivity contribution in [1.82, 2.24) is 10.6 Å². The molecule has 5 rings (SSSR count). The Balaban J connectivity index is 1.30. The zero-order chi connectivity index (χ0) is 30.9. The van der Waals surface area contributed by atoms with Crippen molar-refractivity contribution in [2.24, 2.45) is 34.5 Å². The number of carbonyl (C=O) groups is 3. The number of benzene rings is 1. The van der Waals surface area contributed by atoms with Crippen molar-refractivity contribution in [2.45, 2.75) is 104 Å². The first-order valence-corrected chi connectivity index (χ1v) is 16.1. The van der Waals surface area contributed by atoms with Crippen LogP contribution in [-0.4, -0.2) is 48.7 Å². The number of ether oxygens (including phenoxy) is 2. The van der Waals surface area contributed by atoms with Gasteiger partial charge in [-0.3, -0.25) is 14.4 Å². The number of hydrogen-bond donors (Lipinski definition) is 3. The van der Waals surface area contributed by atoms with Gasteiger partial charge in [0.25, 0.3) is 5.91 Å². The maximum atomic E-state index is 13.8. The molecule has 0 saturated heterocycles. The highest BCUT2D eigenvalue weighted by Crippen LogP contribution is 2.50. The molecule has 0 heterocycles. The summed E-state index contributed by atoms with van der Waals surface area (Å²) in [5.41, 5.74) is -0.0607. The molecule has 4 atom stereocenters. The lowest BCUT2D eigenvalue weighted by atomic mass is 9.64. The van der Waals surface area contributed by atoms with E-state index in [-0.39, 0.29) is 69.8 Å². The number of nitrogens with zero attached hydrogens (tertiary/aromatic N) is 1. The molecule has 234 valence electrons. The van der Waals surface area contributed by atoms with Crippen LogP contribution in [0.15, 0.2) is 12.1 Å². The number of hydrogen-bond acceptors (Lipinski definition) is 6. The van der Waals surface area contributed by atoms with Gasteiger partial charge < -0.3 is 25.2 Å². The van der Waals surface area contributed by atoms with Gasteiger partial charge in [0.05, 0.1) is 35.7 Å². The molecule has 4 aliphatic rings. The van der Waals surface area contributed by atoms with Gasteiger partial charge in [0.15, 0.2) is 0 Å². The Morgan fingerprint density at radius 1 is 1.07 bits per heavy atom. The SMILES string of the molecule is COc1cc(C#N)c(OC2CCC(C)(C(=O)O)CC2)cc1C(=O)NC1C2CCC(C2)C1C(=O)NCC1(CC(C)C)CCC1. The summed E-state index contributed by atoms with van der Waals surface area (Å²) >= 11 is 0. The quantitative estimate of drug-likeness (QED) is 0.310. The number of nitrogens with one attached hydrogen (secondary N) is 2. The zero-order valence-corrected chi connectivity index (χ0v) is 26.0. The summed E-state index contributed by atoms with van der Waals surface area (Å²) in [6.45, 7) is 6.93. The minimum Gasteiger partial charge on any atom is -0.496 e. The average Bonchev–Trinajstić information content (AvgIpc) is 3.57. The highest BCUT2D eigenvalue weighted by atomic mass is 16.5. The van der Waals surface area contributed by atoms with E-state index in [2.05, 4.69) is 30.6 Å². The zero-order valence-electron chi connectivity index (χ0n) is 26.0. The molecule has 0 radical (unpaired) electrons. The molecule has 0 aromatic heterocycles. The molecule has 2 amide bonds. The maximum absolute atomic E-state index is 13.8. The Morgan fingerprint density at radius 3 is 2.35 bits per heavy atom. The summed E-state index contributed by atoms with van der Waals surface area (Å²) in [6, 6.07) is 4.96. The van der Waals surface area contributed by atoms with Gasteiger partial charge in [0.1, 0.15) is 17.6 Å². The number of rotatable bonds is 11. The van der Waals surface area contributed by atoms with Crippen LogP contribution in [0.5, 0.6) is 11.5 Å². The van der Waals surface area contributed by atoms with Gasteiger partial charge in [0, 0.05) is 18.7 Å². The molecule has 43 heavy (non-hydrogen) atoms. The van der Waals surface area contributed by atoms with Gasteiger partial charge >= 0.3 is 5.97 Å². The molecule has 1 aromatic rings. The number of carboxylic acids is 1. The topological polar surface area (TPSA) is 138 Å². The van der Waals surface area contributed by atoms with Crippen LogP contribution < -0.4 is 20.1 Å². The van der Waals surface area contributed by atoms with Gasteiger partial charge in [-0.25, -0.2) is 0 Å². The first kappa shape index (κ1) is 31.2. The third-order valence-corrected chi connectivity index (χ3v) is 10.9. The van der Waals surface area contributed by atoms with E-state index >= 15 is 0 Å². The molecule has 9 nitrogen and oxygen atoms in total. The van der Waals surface area contributed by atoms with E-state index in [1.165, 1.54) is 19.6 Å². The van der Waals surface area contributed by atoms with Crippen LogP contribution in [0.2, 0.25) is 0 Å². The molecule has 0 aliphatic heterocycles. The monoisotopic (exact) mass is 593 g/mol. The van der Waals surface area contributed by atoms with E-state index in [9.17, 15) is 24.8 Å². The molecule has 3 N–H and O–H groups in total. The summed E-state index contributed by atoms with van der Waals surface area (Å²) in [7, 11) is 1.46. The van der Waals surface area contributed by atoms with E-state index in [1.54, 1.807) is 13.0 Å². The summed E-state index contributed by atoms with van der Waals surface area (Å²) in [5, 5.41) is 25.9. The van der Waals surface area contributed by atoms with Crippen molar-refractivity contribution >= 4 is 17.8 Å². The second-order valence-electron chi connectivity index (χ2n) is 14.4. The average molecular weight is 594 g/mol. The van der Waals surface area contributed by atoms with E-state index in [0.717, 1.165) is 38.5 Å². The fourth-order valence-corrected chi connectivity index (χ4v) is 8.32. The lowest BCUT2D eigenvalue weighted by molar-refractivity contribution is -0.150. The second-order valence-corrected chi connectivity index (χ2v) is 14.4. The van der Waals surface area contributed by atoms with Crippen molar-refractivity contribution in [3.05, 3.63) is 23.3 Å². The Bertz CT molecular complexity index is 1270. The van der Waals surface area contributed by atoms with Gasteiger partial charge in [0.2, 0.25) is 5.91 Å². The standard InChI is InChI=1S/C34H47N3O6/c1-20(2)17-34(10-5-11-34)19-36-31(39)28-21-6-7-22(14-21)29(28)37-30(38)25-16-26(23(18-35)15-27(25)42-4)43-24-8-12-33(3,13-9-24)32(40)41/h15-16,20-22,24,28-29H,5-14,17,19H2,1-4H3,(H,36,39)(H,37,38)(H,40,41). The molecular weight excluding hydrogens is 546 g/mol. The van der Waals surface area contributed by atoms with Crippen LogP contribution in [0.1, 0.15) is 107 Å². The Labute approximate surface area is 255 Å². The van der Waals surface area contributed by atoms with E-state index in [0.29, 0.717) is 38.1 Å². The van der Waals surface area contributed by atoms with Gasteiger partial charge in [-0.2, -0.15) is 5.26 Å². The third-order valence-electron chi connectivity index (χ3n) is 10.9. The van der Waals surface area contributed by atoms with E-state index in [4.69, 9.17) is 9.47 Å². The van der Waals surface area contributed by atoms with Crippen LogP contribution in [0.3, 0.4) is 0 Å². The minimum atomic E-state index is -0.808. The van der Waals surface area contributed by atoms with Gasteiger partial charge in [-0.15, -0.1) is 0 Å². The second kappa shape index (κ2) is 12.4. The smallest absolute Gasteiger partial charge is 0.309 e. The fraction of sp³-hybridized carbons (Fsp3) is 0.706. The summed E-state index contributed by atoms with van der Waals surface area (Å²) < 4.78 is 11.7. The van der Waals surface area contributed by atoms with Crippen molar-refractivity contribution in [3.63, 3.8) is 0 Å². The summed E-state index contributed by atoms with van der Waals surface area (Å²) in [5.74, 6) is 0.302. The predicted molar refractivity (Wildman–Crippen MR) is 161 cm³/mol. The number of carbonyl (C=O) groups excluding carboxylic acids is 2. The summed E-state index contributed by atoms with van der Waals surface area (Å²) in [6.07, 6.45) is 9.38.